The van der Waals surface area contributed by atoms with Gasteiger partial charge < -0.3 is 0 Å². The van der Waals surface area contributed by atoms with Crippen molar-refractivity contribution in [3.8, 4) is 0 Å². The van der Waals surface area contributed by atoms with E-state index in [0.29, 0.717) is 0 Å². The molecule has 0 spiro atoms. The number of hydrogen-bond donors (Lipinski definition) is 2. The van der Waals surface area contributed by atoms with Gasteiger partial charge in [0.1, 0.15) is 11.7 Å². The van der Waals surface area contributed by atoms with E-state index in [-0.39, 0.29) is 24.2 Å². The Bertz CT molecular complexity index is 1330. The third-order valence-electron chi connectivity index (χ3n) is 7.72. The molecule has 1 aliphatic carbocycles. The number of anilines is 2. The van der Waals surface area contributed by atoms with Crippen molar-refractivity contribution in [2.75, 3.05) is 10.0 Å². The second-order valence-electron chi connectivity index (χ2n) is 10.1. The van der Waals surface area contributed by atoms with E-state index in [1.54, 1.807) is 0 Å². The Hall–Kier alpha value is -4.58. The van der Waals surface area contributed by atoms with Crippen LogP contribution in [0.15, 0.2) is 131 Å². The van der Waals surface area contributed by atoms with Gasteiger partial charge in [-0.25, -0.2) is 0 Å². The van der Waals surface area contributed by atoms with Crippen LogP contribution in [0.2, 0.25) is 0 Å². The van der Waals surface area contributed by atoms with Gasteiger partial charge in [0.25, 0.3) is 0 Å². The smallest absolute Gasteiger partial charge is 0.147 e. The number of amidine groups is 2. The van der Waals surface area contributed by atoms with Crippen LogP contribution < -0.4 is 20.9 Å². The summed E-state index contributed by atoms with van der Waals surface area (Å²) in [5, 5.41) is 4.66. The molecule has 6 nitrogen and oxygen atoms in total. The van der Waals surface area contributed by atoms with Crippen molar-refractivity contribution in [2.24, 2.45) is 9.98 Å². The van der Waals surface area contributed by atoms with Crippen LogP contribution in [0.5, 0.6) is 0 Å². The van der Waals surface area contributed by atoms with Crippen LogP contribution >= 0.6 is 0 Å². The number of hydrogen-bond acceptors (Lipinski definition) is 6. The van der Waals surface area contributed by atoms with Crippen molar-refractivity contribution in [3.63, 3.8) is 0 Å². The van der Waals surface area contributed by atoms with Crippen molar-refractivity contribution >= 4 is 23.0 Å². The topological polar surface area (TPSA) is 55.3 Å². The molecule has 6 heteroatoms. The maximum atomic E-state index is 5.29. The molecular formula is C32H30N6. The summed E-state index contributed by atoms with van der Waals surface area (Å²) in [4.78, 5) is 10.6. The molecule has 1 fully saturated rings. The zero-order valence-electron chi connectivity index (χ0n) is 21.1. The molecule has 38 heavy (non-hydrogen) atoms. The Morgan fingerprint density at radius 1 is 0.474 bits per heavy atom. The van der Waals surface area contributed by atoms with Gasteiger partial charge in [0, 0.05) is 11.1 Å². The van der Waals surface area contributed by atoms with E-state index in [0.717, 1.165) is 47.0 Å². The summed E-state index contributed by atoms with van der Waals surface area (Å²) in [5.41, 5.74) is 11.8. The molecule has 4 aromatic rings. The Morgan fingerprint density at radius 3 is 1.24 bits per heavy atom. The normalized spacial score (nSPS) is 24.2. The fourth-order valence-electron chi connectivity index (χ4n) is 5.90. The average molecular weight is 499 g/mol. The van der Waals surface area contributed by atoms with Gasteiger partial charge in [-0.3, -0.25) is 30.9 Å². The summed E-state index contributed by atoms with van der Waals surface area (Å²) in [7, 11) is 0. The molecule has 0 bridgehead atoms. The Morgan fingerprint density at radius 2 is 0.842 bits per heavy atom. The van der Waals surface area contributed by atoms with Crippen LogP contribution in [0, 0.1) is 0 Å². The summed E-state index contributed by atoms with van der Waals surface area (Å²) in [6.45, 7) is 0. The maximum Gasteiger partial charge on any atom is 0.147 e. The predicted octanol–water partition coefficient (Wildman–Crippen LogP) is 5.20. The fraction of sp³-hybridized carbons (Fsp3) is 0.188. The van der Waals surface area contributed by atoms with Crippen molar-refractivity contribution in [1.82, 2.24) is 10.9 Å². The van der Waals surface area contributed by atoms with Gasteiger partial charge in [-0.1, -0.05) is 97.1 Å². The lowest BCUT2D eigenvalue weighted by molar-refractivity contribution is 0.263. The van der Waals surface area contributed by atoms with Gasteiger partial charge in [0.15, 0.2) is 0 Å². The molecule has 4 atom stereocenters. The molecule has 0 saturated heterocycles. The van der Waals surface area contributed by atoms with E-state index < -0.39 is 0 Å². The monoisotopic (exact) mass is 498 g/mol. The largest absolute Gasteiger partial charge is 0.281 e. The third kappa shape index (κ3) is 4.18. The Labute approximate surface area is 223 Å². The van der Waals surface area contributed by atoms with Crippen LogP contribution in [0.25, 0.3) is 0 Å². The number of nitrogens with zero attached hydrogens (tertiary/aromatic N) is 4. The lowest BCUT2D eigenvalue weighted by atomic mass is 9.81. The zero-order chi connectivity index (χ0) is 25.3. The second kappa shape index (κ2) is 9.71. The quantitative estimate of drug-likeness (QED) is 0.406. The Kier molecular flexibility index (Phi) is 5.77. The minimum Gasteiger partial charge on any atom is -0.281 e. The first-order valence-corrected chi connectivity index (χ1v) is 13.3. The first kappa shape index (κ1) is 22.6. The highest BCUT2D eigenvalue weighted by molar-refractivity contribution is 6.01. The minimum absolute atomic E-state index is 0.115. The van der Waals surface area contributed by atoms with Crippen molar-refractivity contribution in [1.29, 1.82) is 0 Å². The molecular weight excluding hydrogens is 468 g/mol. The number of fused-ring (bicyclic) bond motifs is 2. The summed E-state index contributed by atoms with van der Waals surface area (Å²) < 4.78 is 0. The SMILES string of the molecule is c1ccc(C2=NC3CC4N=C(c5ccccc5)NN(c5ccccc5)C4CC3N(c3ccccc3)N2)cc1. The zero-order valence-corrected chi connectivity index (χ0v) is 21.1. The van der Waals surface area contributed by atoms with Gasteiger partial charge in [-0.2, -0.15) is 0 Å². The summed E-state index contributed by atoms with van der Waals surface area (Å²) >= 11 is 0. The number of benzene rings is 4. The highest BCUT2D eigenvalue weighted by Crippen LogP contribution is 2.37. The first-order chi connectivity index (χ1) is 18.8. The number of para-hydroxylation sites is 2. The molecule has 4 unspecified atom stereocenters. The molecule has 1 saturated carbocycles. The second-order valence-corrected chi connectivity index (χ2v) is 10.1. The van der Waals surface area contributed by atoms with Gasteiger partial charge in [-0.15, -0.1) is 0 Å². The average Bonchev–Trinajstić information content (AvgIpc) is 3.00. The van der Waals surface area contributed by atoms with Crippen molar-refractivity contribution in [3.05, 3.63) is 132 Å². The van der Waals surface area contributed by atoms with E-state index >= 15 is 0 Å². The van der Waals surface area contributed by atoms with Crippen molar-refractivity contribution < 1.29 is 0 Å². The molecule has 2 heterocycles. The van der Waals surface area contributed by atoms with Crippen LogP contribution in [0.3, 0.4) is 0 Å². The number of hydrazine groups is 2. The predicted molar refractivity (Wildman–Crippen MR) is 154 cm³/mol. The minimum atomic E-state index is 0.115. The first-order valence-electron chi connectivity index (χ1n) is 13.3. The van der Waals surface area contributed by atoms with Gasteiger partial charge in [0.2, 0.25) is 0 Å². The maximum absolute atomic E-state index is 5.29. The molecule has 0 radical (unpaired) electrons. The molecule has 188 valence electrons. The van der Waals surface area contributed by atoms with Crippen molar-refractivity contribution in [2.45, 2.75) is 37.0 Å². The molecule has 0 amide bonds. The molecule has 2 N–H and O–H groups in total. The standard InChI is InChI=1S/C32H30N6/c1-5-13-23(14-6-1)31-33-27-21-28-30(22-29(27)37(35-31)25-17-9-3-10-18-25)38(26-19-11-4-12-20-26)36-32(34-28)24-15-7-2-8-16-24/h1-20,27-30H,21-22H2,(H,33,35)(H,34,36). The lowest BCUT2D eigenvalue weighted by Crippen LogP contribution is -2.67. The van der Waals surface area contributed by atoms with E-state index in [1.165, 1.54) is 0 Å². The van der Waals surface area contributed by atoms with E-state index in [4.69, 9.17) is 9.98 Å². The summed E-state index contributed by atoms with van der Waals surface area (Å²) in [5.74, 6) is 1.82. The van der Waals surface area contributed by atoms with E-state index in [9.17, 15) is 0 Å². The molecule has 2 aliphatic heterocycles. The van der Waals surface area contributed by atoms with Gasteiger partial charge >= 0.3 is 0 Å². The van der Waals surface area contributed by atoms with Crippen LogP contribution in [-0.4, -0.2) is 35.8 Å². The molecule has 3 aliphatic rings. The lowest BCUT2D eigenvalue weighted by Gasteiger charge is -2.52. The van der Waals surface area contributed by atoms with Gasteiger partial charge in [0.05, 0.1) is 35.5 Å². The summed E-state index contributed by atoms with van der Waals surface area (Å²) in [6.07, 6.45) is 1.79. The van der Waals surface area contributed by atoms with Gasteiger partial charge in [-0.05, 0) is 37.1 Å². The fourth-order valence-corrected chi connectivity index (χ4v) is 5.90. The summed E-state index contributed by atoms with van der Waals surface area (Å²) in [6, 6.07) is 42.6. The number of nitrogens with one attached hydrogen (secondary N) is 2. The van der Waals surface area contributed by atoms with Crippen LogP contribution in [-0.2, 0) is 0 Å². The highest BCUT2D eigenvalue weighted by atomic mass is 15.6. The molecule has 7 rings (SSSR count). The highest BCUT2D eigenvalue weighted by Gasteiger charge is 2.47. The molecule has 0 aromatic heterocycles. The number of rotatable bonds is 4. The van der Waals surface area contributed by atoms with E-state index in [2.05, 4.69) is 130 Å². The van der Waals surface area contributed by atoms with Crippen LogP contribution in [0.4, 0.5) is 11.4 Å². The Balaban J connectivity index is 1.30. The number of aliphatic imine (C=N–C) groups is 2. The van der Waals surface area contributed by atoms with E-state index in [1.807, 2.05) is 12.1 Å². The van der Waals surface area contributed by atoms with Crippen LogP contribution in [0.1, 0.15) is 24.0 Å². The molecule has 4 aromatic carbocycles. The third-order valence-corrected chi connectivity index (χ3v) is 7.72.